The van der Waals surface area contributed by atoms with Gasteiger partial charge in [0.25, 0.3) is 5.91 Å². The molecule has 1 saturated carbocycles. The molecule has 2 aliphatic heterocycles. The number of aliphatic hydroxyl groups is 1. The van der Waals surface area contributed by atoms with Crippen molar-refractivity contribution >= 4 is 11.7 Å². The number of carbonyl (C=O) groups is 1. The van der Waals surface area contributed by atoms with Crippen molar-refractivity contribution in [1.29, 1.82) is 0 Å². The minimum Gasteiger partial charge on any atom is -0.506 e. The summed E-state index contributed by atoms with van der Waals surface area (Å²) >= 11 is 0. The number of nitrogens with one attached hydrogen (secondary N) is 1. The van der Waals surface area contributed by atoms with Crippen molar-refractivity contribution in [1.82, 2.24) is 5.32 Å². The summed E-state index contributed by atoms with van der Waals surface area (Å²) in [6, 6.07) is 7.67. The number of nitrogens with zero attached hydrogens (tertiary/aromatic N) is 1. The van der Waals surface area contributed by atoms with Crippen molar-refractivity contribution in [3.63, 3.8) is 0 Å². The fraction of sp³-hybridized carbons (Fsp3) is 0.531. The van der Waals surface area contributed by atoms with Gasteiger partial charge in [-0.3, -0.25) is 4.79 Å². The van der Waals surface area contributed by atoms with Crippen molar-refractivity contribution < 1.29 is 37.0 Å². The van der Waals surface area contributed by atoms with Crippen molar-refractivity contribution in [3.8, 4) is 0 Å². The van der Waals surface area contributed by atoms with Crippen LogP contribution in [0.4, 0.5) is 13.2 Å². The lowest BCUT2D eigenvalue weighted by atomic mass is 9.50. The number of hydrogen-bond acceptors (Lipinski definition) is 4. The molecule has 2 N–H and O–H groups in total. The quantitative estimate of drug-likeness (QED) is 0.147. The first-order valence-corrected chi connectivity index (χ1v) is 14.6. The van der Waals surface area contributed by atoms with E-state index in [4.69, 9.17) is 9.47 Å². The van der Waals surface area contributed by atoms with Crippen molar-refractivity contribution in [2.75, 3.05) is 26.7 Å². The summed E-state index contributed by atoms with van der Waals surface area (Å²) in [5, 5.41) is 13.2. The van der Waals surface area contributed by atoms with Crippen molar-refractivity contribution in [2.24, 2.45) is 11.3 Å². The highest BCUT2D eigenvalue weighted by Gasteiger charge is 2.71. The number of carbonyl (C=O) groups excluding carboxylic acids is 1. The molecule has 2 saturated heterocycles. The molecule has 0 radical (unpaired) electrons. The Balaban J connectivity index is 1.41. The number of likely N-dealkylation sites (N-methyl/N-ethyl adjacent to an activating group) is 1. The number of hydrogen-bond donors (Lipinski definition) is 2. The number of piperidine rings is 1. The maximum atomic E-state index is 14.3. The number of methoxy groups -OCH3 is 1. The molecule has 220 valence electrons. The van der Waals surface area contributed by atoms with Crippen LogP contribution >= 0.6 is 0 Å². The fourth-order valence-electron chi connectivity index (χ4n) is 8.90. The number of alkyl halides is 3. The number of aliphatic hydroxyl groups excluding tert-OH is 1. The Labute approximate surface area is 238 Å². The lowest BCUT2D eigenvalue weighted by Gasteiger charge is -2.62. The van der Waals surface area contributed by atoms with Crippen molar-refractivity contribution in [3.05, 3.63) is 77.4 Å². The number of halogens is 3. The molecule has 2 heterocycles. The van der Waals surface area contributed by atoms with Gasteiger partial charge in [0, 0.05) is 36.8 Å². The lowest BCUT2D eigenvalue weighted by molar-refractivity contribution is -0.956. The first-order chi connectivity index (χ1) is 19.6. The van der Waals surface area contributed by atoms with Gasteiger partial charge in [-0.05, 0) is 43.1 Å². The molecule has 2 bridgehead atoms. The summed E-state index contributed by atoms with van der Waals surface area (Å²) < 4.78 is 56.5. The molecule has 9 heteroatoms. The second kappa shape index (κ2) is 9.85. The van der Waals surface area contributed by atoms with Crippen LogP contribution in [-0.4, -0.2) is 72.4 Å². The second-order valence-corrected chi connectivity index (χ2v) is 12.1. The first kappa shape index (κ1) is 28.2. The van der Waals surface area contributed by atoms with Gasteiger partial charge in [0.15, 0.2) is 11.3 Å². The van der Waals surface area contributed by atoms with E-state index in [1.807, 2.05) is 12.2 Å². The van der Waals surface area contributed by atoms with Crippen LogP contribution in [0, 0.1) is 11.3 Å². The molecular weight excluding hydrogens is 533 g/mol. The van der Waals surface area contributed by atoms with Crippen LogP contribution in [0.3, 0.4) is 0 Å². The highest BCUT2D eigenvalue weighted by Crippen LogP contribution is 2.67. The molecule has 3 aliphatic carbocycles. The van der Waals surface area contributed by atoms with Gasteiger partial charge in [0.05, 0.1) is 31.8 Å². The van der Waals surface area contributed by atoms with Crippen LogP contribution < -0.4 is 5.32 Å². The number of benzene rings is 1. The van der Waals surface area contributed by atoms with Gasteiger partial charge in [0.2, 0.25) is 0 Å². The van der Waals surface area contributed by atoms with E-state index in [0.29, 0.717) is 12.0 Å². The van der Waals surface area contributed by atoms with Crippen molar-refractivity contribution in [2.45, 2.75) is 69.2 Å². The second-order valence-electron chi connectivity index (χ2n) is 12.1. The first-order valence-electron chi connectivity index (χ1n) is 14.6. The summed E-state index contributed by atoms with van der Waals surface area (Å²) in [4.78, 5) is 13.5. The molecule has 1 spiro atoms. The number of rotatable bonds is 7. The molecule has 41 heavy (non-hydrogen) atoms. The topological polar surface area (TPSA) is 67.8 Å². The summed E-state index contributed by atoms with van der Waals surface area (Å²) in [7, 11) is 1.38. The van der Waals surface area contributed by atoms with E-state index < -0.39 is 35.2 Å². The number of allylic oxidation sites excluding steroid dienone is 1. The van der Waals surface area contributed by atoms with Gasteiger partial charge in [-0.2, -0.15) is 13.2 Å². The Bertz CT molecular complexity index is 1340. The molecule has 6 rings (SSSR count). The van der Waals surface area contributed by atoms with Gasteiger partial charge < -0.3 is 24.4 Å². The van der Waals surface area contributed by atoms with Crippen LogP contribution in [0.25, 0.3) is 5.76 Å². The minimum absolute atomic E-state index is 0.0940. The Kier molecular flexibility index (Phi) is 6.79. The van der Waals surface area contributed by atoms with Gasteiger partial charge in [-0.1, -0.05) is 49.4 Å². The number of amides is 1. The molecule has 0 aromatic heterocycles. The van der Waals surface area contributed by atoms with Crippen LogP contribution in [0.5, 0.6) is 0 Å². The van der Waals surface area contributed by atoms with E-state index in [9.17, 15) is 23.1 Å². The summed E-state index contributed by atoms with van der Waals surface area (Å²) in [5.41, 5.74) is -1.41. The van der Waals surface area contributed by atoms with Gasteiger partial charge in [-0.15, -0.1) is 0 Å². The normalized spacial score (nSPS) is 37.8. The molecule has 3 fully saturated rings. The zero-order chi connectivity index (χ0) is 29.2. The molecule has 1 aromatic rings. The predicted octanol–water partition coefficient (Wildman–Crippen LogP) is 5.60. The molecule has 1 aromatic carbocycles. The Morgan fingerprint density at radius 1 is 1.29 bits per heavy atom. The highest BCUT2D eigenvalue weighted by atomic mass is 19.4. The smallest absolute Gasteiger partial charge is 0.425 e. The third-order valence-electron chi connectivity index (χ3n) is 10.7. The molecular formula is C32H38F3N2O4+. The fourth-order valence-corrected chi connectivity index (χ4v) is 8.90. The monoisotopic (exact) mass is 571 g/mol. The standard InChI is InChI=1S/C32H37F3N2O4/c1-4-17-37(5-2)18-16-30-22-12-9-13-24(30)41-28-25(30)21(19-23(22)37)14-15-31(28,40-3)36-29(39)26(32(33,34)35)27(38)20-10-7-6-8-11-20/h4,6-8,10-11,14-15,22-24,28H,1,5,9,12-13,16-19H2,2-3H3,(H-,36,38,39)/p+1/t22-,23+,24-,28?,30+,31?,37?/m0/s1. The molecule has 3 unspecified atom stereocenters. The largest absolute Gasteiger partial charge is 0.506 e. The Hall–Kier alpha value is -2.88. The van der Waals surface area contributed by atoms with E-state index in [2.05, 4.69) is 18.8 Å². The highest BCUT2D eigenvalue weighted by molar-refractivity contribution is 6.01. The molecule has 6 nitrogen and oxygen atoms in total. The minimum atomic E-state index is -5.11. The third kappa shape index (κ3) is 3.99. The van der Waals surface area contributed by atoms with Crippen LogP contribution in [0.15, 0.2) is 71.9 Å². The van der Waals surface area contributed by atoms with Gasteiger partial charge >= 0.3 is 6.18 Å². The van der Waals surface area contributed by atoms with Crippen LogP contribution in [0.1, 0.15) is 44.6 Å². The number of quaternary nitrogens is 1. The summed E-state index contributed by atoms with van der Waals surface area (Å²) in [5.74, 6) is -2.22. The molecule has 7 atom stereocenters. The Morgan fingerprint density at radius 3 is 2.71 bits per heavy atom. The van der Waals surface area contributed by atoms with E-state index in [-0.39, 0.29) is 17.1 Å². The SMILES string of the molecule is C=CC[N+]1(CC)CC[C@]23C4=C5C=CC(NC(=O)C(=C(O)c6ccccc6)C(F)(F)F)(OC)C4O[C@H]2CCC[C@H]3[C@H]1C5. The van der Waals surface area contributed by atoms with Crippen LogP contribution in [0.2, 0.25) is 0 Å². The van der Waals surface area contributed by atoms with Gasteiger partial charge in [0.1, 0.15) is 11.9 Å². The Morgan fingerprint density at radius 2 is 2.05 bits per heavy atom. The zero-order valence-corrected chi connectivity index (χ0v) is 23.5. The summed E-state index contributed by atoms with van der Waals surface area (Å²) in [6.07, 6.45) is 4.37. The predicted molar refractivity (Wildman–Crippen MR) is 148 cm³/mol. The third-order valence-corrected chi connectivity index (χ3v) is 10.7. The van der Waals surface area contributed by atoms with E-state index >= 15 is 0 Å². The molecule has 5 aliphatic rings. The number of likely N-dealkylation sites (tertiary alicyclic amines) is 1. The van der Waals surface area contributed by atoms with Crippen LogP contribution in [-0.2, 0) is 14.3 Å². The average molecular weight is 572 g/mol. The maximum absolute atomic E-state index is 14.3. The summed E-state index contributed by atoms with van der Waals surface area (Å²) in [6.45, 7) is 9.21. The lowest BCUT2D eigenvalue weighted by Crippen LogP contribution is -2.70. The van der Waals surface area contributed by atoms with E-state index in [1.54, 1.807) is 12.1 Å². The average Bonchev–Trinajstić information content (AvgIpc) is 3.30. The maximum Gasteiger partial charge on any atom is 0.425 e. The number of ether oxygens (including phenoxy) is 2. The van der Waals surface area contributed by atoms with Gasteiger partial charge in [-0.25, -0.2) is 0 Å². The van der Waals surface area contributed by atoms with E-state index in [0.717, 1.165) is 67.4 Å². The van der Waals surface area contributed by atoms with E-state index in [1.165, 1.54) is 31.4 Å². The molecule has 1 amide bonds. The zero-order valence-electron chi connectivity index (χ0n) is 23.5.